The molecule has 3 atom stereocenters. The van der Waals surface area contributed by atoms with Crippen molar-refractivity contribution in [2.75, 3.05) is 5.32 Å². The van der Waals surface area contributed by atoms with Crippen LogP contribution in [0, 0.1) is 11.8 Å². The van der Waals surface area contributed by atoms with Crippen molar-refractivity contribution in [3.63, 3.8) is 0 Å². The Morgan fingerprint density at radius 1 is 1.39 bits per heavy atom. The van der Waals surface area contributed by atoms with Crippen molar-refractivity contribution in [1.29, 1.82) is 0 Å². The Kier molecular flexibility index (Phi) is 3.81. The second kappa shape index (κ2) is 5.19. The molecule has 1 aromatic carbocycles. The normalized spacial score (nSPS) is 27.2. The average Bonchev–Trinajstić information content (AvgIpc) is 2.61. The van der Waals surface area contributed by atoms with Crippen molar-refractivity contribution < 1.29 is 9.90 Å². The van der Waals surface area contributed by atoms with E-state index in [0.717, 1.165) is 6.42 Å². The number of nitrogens with one attached hydrogen (secondary N) is 1. The van der Waals surface area contributed by atoms with Gasteiger partial charge in [-0.1, -0.05) is 25.4 Å². The first-order chi connectivity index (χ1) is 8.49. The molecule has 2 N–H and O–H groups in total. The fourth-order valence-electron chi connectivity index (χ4n) is 2.59. The monoisotopic (exact) mass is 267 g/mol. The molecule has 18 heavy (non-hydrogen) atoms. The molecule has 0 heterocycles. The molecule has 0 aliphatic heterocycles. The Labute approximate surface area is 112 Å². The predicted molar refractivity (Wildman–Crippen MR) is 73.4 cm³/mol. The summed E-state index contributed by atoms with van der Waals surface area (Å²) in [4.78, 5) is 11.2. The Hall–Kier alpha value is -1.22. The molecule has 4 heteroatoms. The summed E-state index contributed by atoms with van der Waals surface area (Å²) in [6.07, 6.45) is 2.26. The summed E-state index contributed by atoms with van der Waals surface area (Å²) in [6.45, 7) is 4.45. The molecule has 0 spiro atoms. The van der Waals surface area contributed by atoms with Gasteiger partial charge in [-0.05, 0) is 42.9 Å². The molecule has 1 saturated carbocycles. The lowest BCUT2D eigenvalue weighted by Gasteiger charge is -2.22. The van der Waals surface area contributed by atoms with Gasteiger partial charge >= 0.3 is 5.97 Å². The van der Waals surface area contributed by atoms with Crippen LogP contribution >= 0.6 is 11.6 Å². The van der Waals surface area contributed by atoms with E-state index in [9.17, 15) is 4.79 Å². The van der Waals surface area contributed by atoms with Crippen molar-refractivity contribution in [2.45, 2.75) is 32.7 Å². The number of anilines is 1. The molecule has 1 aromatic rings. The first-order valence-electron chi connectivity index (χ1n) is 6.28. The first kappa shape index (κ1) is 13.2. The molecule has 1 aliphatic rings. The number of halogens is 1. The summed E-state index contributed by atoms with van der Waals surface area (Å²) in [6, 6.07) is 5.18. The van der Waals surface area contributed by atoms with Crippen LogP contribution in [0.2, 0.25) is 5.02 Å². The summed E-state index contributed by atoms with van der Waals surface area (Å²) in [5.74, 6) is 0.299. The van der Waals surface area contributed by atoms with Gasteiger partial charge in [-0.25, -0.2) is 4.79 Å². The fourth-order valence-corrected chi connectivity index (χ4v) is 2.76. The maximum atomic E-state index is 11.2. The number of benzene rings is 1. The number of aromatic carboxylic acids is 1. The molecule has 0 bridgehead atoms. The number of carbonyl (C=O) groups is 1. The van der Waals surface area contributed by atoms with Gasteiger partial charge in [0.2, 0.25) is 0 Å². The lowest BCUT2D eigenvalue weighted by molar-refractivity contribution is 0.0698. The molecule has 2 rings (SSSR count). The van der Waals surface area contributed by atoms with Gasteiger partial charge in [0, 0.05) is 11.1 Å². The second-order valence-electron chi connectivity index (χ2n) is 5.16. The lowest BCUT2D eigenvalue weighted by atomic mass is 9.97. The molecule has 1 fully saturated rings. The lowest BCUT2D eigenvalue weighted by Crippen LogP contribution is -2.25. The van der Waals surface area contributed by atoms with E-state index in [-0.39, 0.29) is 5.56 Å². The molecular formula is C14H18ClNO2. The summed E-state index contributed by atoms with van der Waals surface area (Å²) >= 11 is 5.94. The zero-order valence-corrected chi connectivity index (χ0v) is 11.4. The van der Waals surface area contributed by atoms with Gasteiger partial charge in [0.1, 0.15) is 0 Å². The minimum absolute atomic E-state index is 0.283. The van der Waals surface area contributed by atoms with Crippen LogP contribution in [0.1, 0.15) is 37.0 Å². The molecule has 0 saturated heterocycles. The largest absolute Gasteiger partial charge is 0.478 e. The zero-order chi connectivity index (χ0) is 13.3. The number of hydrogen-bond donors (Lipinski definition) is 2. The van der Waals surface area contributed by atoms with Gasteiger partial charge in [-0.2, -0.15) is 0 Å². The van der Waals surface area contributed by atoms with Crippen LogP contribution in [0.3, 0.4) is 0 Å². The topological polar surface area (TPSA) is 49.3 Å². The van der Waals surface area contributed by atoms with E-state index in [0.29, 0.717) is 28.6 Å². The Balaban J connectivity index is 2.23. The van der Waals surface area contributed by atoms with Gasteiger partial charge in [0.05, 0.1) is 11.3 Å². The van der Waals surface area contributed by atoms with Gasteiger partial charge in [0.25, 0.3) is 0 Å². The highest BCUT2D eigenvalue weighted by Gasteiger charge is 2.30. The van der Waals surface area contributed by atoms with Crippen molar-refractivity contribution in [3.8, 4) is 0 Å². The number of rotatable bonds is 3. The SMILES string of the molecule is CC1CCC(Nc2cc(Cl)ccc2C(=O)O)C1C. The summed E-state index contributed by atoms with van der Waals surface area (Å²) in [7, 11) is 0. The van der Waals surface area contributed by atoms with E-state index < -0.39 is 5.97 Å². The number of carboxylic acids is 1. The molecule has 0 amide bonds. The molecule has 0 aromatic heterocycles. The van der Waals surface area contributed by atoms with E-state index >= 15 is 0 Å². The maximum Gasteiger partial charge on any atom is 0.337 e. The summed E-state index contributed by atoms with van der Waals surface area (Å²) in [5, 5.41) is 13.1. The fraction of sp³-hybridized carbons (Fsp3) is 0.500. The van der Waals surface area contributed by atoms with Crippen molar-refractivity contribution in [3.05, 3.63) is 28.8 Å². The van der Waals surface area contributed by atoms with Gasteiger partial charge < -0.3 is 10.4 Å². The highest BCUT2D eigenvalue weighted by molar-refractivity contribution is 6.31. The Morgan fingerprint density at radius 3 is 2.67 bits per heavy atom. The average molecular weight is 268 g/mol. The zero-order valence-electron chi connectivity index (χ0n) is 10.6. The Bertz CT molecular complexity index is 461. The van der Waals surface area contributed by atoms with Crippen LogP contribution in [-0.4, -0.2) is 17.1 Å². The highest BCUT2D eigenvalue weighted by Crippen LogP contribution is 2.34. The van der Waals surface area contributed by atoms with Crippen molar-refractivity contribution in [1.82, 2.24) is 0 Å². The maximum absolute atomic E-state index is 11.2. The van der Waals surface area contributed by atoms with Crippen LogP contribution < -0.4 is 5.32 Å². The molecule has 3 nitrogen and oxygen atoms in total. The molecule has 3 unspecified atom stereocenters. The molecule has 98 valence electrons. The van der Waals surface area contributed by atoms with Crippen LogP contribution in [0.25, 0.3) is 0 Å². The minimum atomic E-state index is -0.923. The van der Waals surface area contributed by atoms with E-state index in [1.54, 1.807) is 18.2 Å². The van der Waals surface area contributed by atoms with Crippen LogP contribution in [0.15, 0.2) is 18.2 Å². The standard InChI is InChI=1S/C14H18ClNO2/c1-8-3-6-12(9(8)2)16-13-7-10(15)4-5-11(13)14(17)18/h4-5,7-9,12,16H,3,6H2,1-2H3,(H,17,18). The third kappa shape index (κ3) is 2.61. The number of hydrogen-bond acceptors (Lipinski definition) is 2. The molecular weight excluding hydrogens is 250 g/mol. The summed E-state index contributed by atoms with van der Waals surface area (Å²) < 4.78 is 0. The van der Waals surface area contributed by atoms with Gasteiger partial charge in [-0.15, -0.1) is 0 Å². The van der Waals surface area contributed by atoms with E-state index in [4.69, 9.17) is 16.7 Å². The first-order valence-corrected chi connectivity index (χ1v) is 6.66. The predicted octanol–water partition coefficient (Wildman–Crippen LogP) is 3.88. The third-order valence-corrected chi connectivity index (χ3v) is 4.25. The van der Waals surface area contributed by atoms with Crippen LogP contribution in [0.4, 0.5) is 5.69 Å². The van der Waals surface area contributed by atoms with Crippen molar-refractivity contribution >= 4 is 23.3 Å². The van der Waals surface area contributed by atoms with E-state index in [1.807, 2.05) is 0 Å². The van der Waals surface area contributed by atoms with E-state index in [2.05, 4.69) is 19.2 Å². The van der Waals surface area contributed by atoms with Gasteiger partial charge in [0.15, 0.2) is 0 Å². The molecule has 1 aliphatic carbocycles. The van der Waals surface area contributed by atoms with Crippen LogP contribution in [0.5, 0.6) is 0 Å². The molecule has 0 radical (unpaired) electrons. The van der Waals surface area contributed by atoms with Gasteiger partial charge in [-0.3, -0.25) is 0 Å². The quantitative estimate of drug-likeness (QED) is 0.874. The highest BCUT2D eigenvalue weighted by atomic mass is 35.5. The Morgan fingerprint density at radius 2 is 2.11 bits per heavy atom. The summed E-state index contributed by atoms with van der Waals surface area (Å²) in [5.41, 5.74) is 0.909. The van der Waals surface area contributed by atoms with Crippen LogP contribution in [-0.2, 0) is 0 Å². The van der Waals surface area contributed by atoms with E-state index in [1.165, 1.54) is 6.42 Å². The smallest absolute Gasteiger partial charge is 0.337 e. The van der Waals surface area contributed by atoms with Crippen molar-refractivity contribution in [2.24, 2.45) is 11.8 Å². The minimum Gasteiger partial charge on any atom is -0.478 e. The number of carboxylic acid groups (broad SMARTS) is 1. The third-order valence-electron chi connectivity index (χ3n) is 4.02. The second-order valence-corrected chi connectivity index (χ2v) is 5.60.